The Morgan fingerprint density at radius 3 is 1.89 bits per heavy atom. The first kappa shape index (κ1) is 16.1. The molecular weight excluding hydrogens is 331 g/mol. The van der Waals surface area contributed by atoms with Crippen LogP contribution in [0.5, 0.6) is 0 Å². The molecule has 0 fully saturated rings. The molecule has 0 atom stereocenters. The van der Waals surface area contributed by atoms with Crippen molar-refractivity contribution in [3.8, 4) is 11.1 Å². The maximum atomic E-state index is 9.62. The monoisotopic (exact) mass is 348 g/mol. The molecule has 0 saturated heterocycles. The lowest BCUT2D eigenvalue weighted by Gasteiger charge is -2.15. The Hall–Kier alpha value is -3.14. The normalized spacial score (nSPS) is 11.3. The minimum Gasteiger partial charge on any atom is -0.423 e. The maximum Gasteiger partial charge on any atom is 0.488 e. The lowest BCUT2D eigenvalue weighted by atomic mass is 9.78. The molecule has 0 saturated carbocycles. The van der Waals surface area contributed by atoms with Crippen LogP contribution >= 0.6 is 0 Å². The average Bonchev–Trinajstić information content (AvgIpc) is 2.73. The third-order valence-corrected chi connectivity index (χ3v) is 5.27. The van der Waals surface area contributed by atoms with Crippen LogP contribution in [0.15, 0.2) is 91.0 Å². The molecule has 2 N–H and O–H groups in total. The van der Waals surface area contributed by atoms with Gasteiger partial charge in [0, 0.05) is 0 Å². The second kappa shape index (κ2) is 6.24. The van der Waals surface area contributed by atoms with Crippen LogP contribution in [-0.4, -0.2) is 17.2 Å². The third-order valence-electron chi connectivity index (χ3n) is 5.27. The van der Waals surface area contributed by atoms with Crippen LogP contribution in [0.4, 0.5) is 0 Å². The molecule has 0 heterocycles. The number of rotatable bonds is 2. The quantitative estimate of drug-likeness (QED) is 0.364. The summed E-state index contributed by atoms with van der Waals surface area (Å²) in [5.41, 5.74) is 2.90. The second-order valence-corrected chi connectivity index (χ2v) is 6.82. The molecule has 5 rings (SSSR count). The van der Waals surface area contributed by atoms with Gasteiger partial charge in [0.1, 0.15) is 0 Å². The molecule has 0 radical (unpaired) electrons. The van der Waals surface area contributed by atoms with Crippen molar-refractivity contribution in [3.05, 3.63) is 91.0 Å². The van der Waals surface area contributed by atoms with E-state index in [4.69, 9.17) is 0 Å². The molecule has 128 valence electrons. The summed E-state index contributed by atoms with van der Waals surface area (Å²) in [6.45, 7) is 0. The molecule has 0 amide bonds. The van der Waals surface area contributed by atoms with Crippen molar-refractivity contribution in [1.82, 2.24) is 0 Å². The molecule has 0 aliphatic heterocycles. The van der Waals surface area contributed by atoms with Crippen LogP contribution in [-0.2, 0) is 0 Å². The zero-order valence-electron chi connectivity index (χ0n) is 14.6. The molecule has 0 aliphatic rings. The summed E-state index contributed by atoms with van der Waals surface area (Å²) in [5, 5.41) is 26.1. The first-order valence-corrected chi connectivity index (χ1v) is 9.03. The molecule has 0 aliphatic carbocycles. The molecule has 0 aromatic heterocycles. The van der Waals surface area contributed by atoms with Crippen molar-refractivity contribution in [3.63, 3.8) is 0 Å². The highest BCUT2D eigenvalue weighted by molar-refractivity contribution is 6.59. The van der Waals surface area contributed by atoms with Gasteiger partial charge in [-0.25, -0.2) is 0 Å². The lowest BCUT2D eigenvalue weighted by molar-refractivity contribution is 0.426. The minimum atomic E-state index is -1.47. The summed E-state index contributed by atoms with van der Waals surface area (Å²) < 4.78 is 0. The Bertz CT molecular complexity index is 1260. The Morgan fingerprint density at radius 1 is 0.519 bits per heavy atom. The Balaban J connectivity index is 2.01. The van der Waals surface area contributed by atoms with E-state index in [1.807, 2.05) is 24.3 Å². The Labute approximate surface area is 157 Å². The van der Waals surface area contributed by atoms with Gasteiger partial charge in [-0.15, -0.1) is 0 Å². The Kier molecular flexibility index (Phi) is 3.71. The van der Waals surface area contributed by atoms with Crippen molar-refractivity contribution in [2.75, 3.05) is 0 Å². The minimum absolute atomic E-state index is 0.506. The van der Waals surface area contributed by atoms with Crippen molar-refractivity contribution < 1.29 is 10.0 Å². The smallest absolute Gasteiger partial charge is 0.423 e. The van der Waals surface area contributed by atoms with E-state index in [9.17, 15) is 10.0 Å². The maximum absolute atomic E-state index is 9.62. The van der Waals surface area contributed by atoms with Crippen LogP contribution in [0.2, 0.25) is 0 Å². The van der Waals surface area contributed by atoms with Crippen LogP contribution < -0.4 is 5.46 Å². The fourth-order valence-corrected chi connectivity index (χ4v) is 4.04. The molecule has 0 bridgehead atoms. The van der Waals surface area contributed by atoms with Crippen molar-refractivity contribution in [2.45, 2.75) is 0 Å². The largest absolute Gasteiger partial charge is 0.488 e. The van der Waals surface area contributed by atoms with E-state index in [0.717, 1.165) is 16.2 Å². The van der Waals surface area contributed by atoms with E-state index in [1.54, 1.807) is 6.07 Å². The highest BCUT2D eigenvalue weighted by atomic mass is 16.4. The fraction of sp³-hybridized carbons (Fsp3) is 0. The van der Waals surface area contributed by atoms with Gasteiger partial charge in [0.2, 0.25) is 0 Å². The fourth-order valence-electron chi connectivity index (χ4n) is 4.04. The summed E-state index contributed by atoms with van der Waals surface area (Å²) in [5.74, 6) is 0. The number of fused-ring (bicyclic) bond motifs is 6. The molecule has 5 aromatic rings. The van der Waals surface area contributed by atoms with Crippen molar-refractivity contribution >= 4 is 44.9 Å². The van der Waals surface area contributed by atoms with E-state index in [-0.39, 0.29) is 0 Å². The van der Waals surface area contributed by atoms with E-state index in [1.165, 1.54) is 27.3 Å². The van der Waals surface area contributed by atoms with Crippen molar-refractivity contribution in [1.29, 1.82) is 0 Å². The van der Waals surface area contributed by atoms with Gasteiger partial charge in [-0.1, -0.05) is 91.0 Å². The molecule has 5 aromatic carbocycles. The van der Waals surface area contributed by atoms with Gasteiger partial charge >= 0.3 is 7.12 Å². The van der Waals surface area contributed by atoms with Gasteiger partial charge in [0.25, 0.3) is 0 Å². The summed E-state index contributed by atoms with van der Waals surface area (Å²) in [6, 6.07) is 30.8. The van der Waals surface area contributed by atoms with Crippen LogP contribution in [0.3, 0.4) is 0 Å². The van der Waals surface area contributed by atoms with Gasteiger partial charge < -0.3 is 10.0 Å². The number of hydrogen-bond acceptors (Lipinski definition) is 2. The highest BCUT2D eigenvalue weighted by Gasteiger charge is 2.16. The molecule has 0 spiro atoms. The summed E-state index contributed by atoms with van der Waals surface area (Å²) in [7, 11) is -1.47. The first-order valence-electron chi connectivity index (χ1n) is 9.03. The van der Waals surface area contributed by atoms with Gasteiger partial charge in [-0.05, 0) is 48.9 Å². The third kappa shape index (κ3) is 2.52. The van der Waals surface area contributed by atoms with Gasteiger partial charge in [0.15, 0.2) is 0 Å². The molecular formula is C24H17BO2. The average molecular weight is 348 g/mol. The predicted octanol–water partition coefficient (Wildman–Crippen LogP) is 4.49. The second-order valence-electron chi connectivity index (χ2n) is 6.82. The predicted molar refractivity (Wildman–Crippen MR) is 114 cm³/mol. The number of hydrogen-bond donors (Lipinski definition) is 2. The Morgan fingerprint density at radius 2 is 1.15 bits per heavy atom. The lowest BCUT2D eigenvalue weighted by Crippen LogP contribution is -2.29. The van der Waals surface area contributed by atoms with E-state index < -0.39 is 7.12 Å². The molecule has 0 unspecified atom stereocenters. The van der Waals surface area contributed by atoms with E-state index in [0.29, 0.717) is 5.46 Å². The zero-order chi connectivity index (χ0) is 18.4. The standard InChI is InChI=1S/C24H17BO2/c26-25(27)17-13-14-20-22-12-6-11-18(16-7-2-1-3-8-16)24(22)21-10-5-4-9-19(21)23(20)15-17/h1-15,26-27H. The van der Waals surface area contributed by atoms with Crippen LogP contribution in [0.1, 0.15) is 0 Å². The molecule has 2 nitrogen and oxygen atoms in total. The topological polar surface area (TPSA) is 40.5 Å². The van der Waals surface area contributed by atoms with Crippen LogP contribution in [0.25, 0.3) is 43.4 Å². The molecule has 27 heavy (non-hydrogen) atoms. The number of benzene rings is 5. The highest BCUT2D eigenvalue weighted by Crippen LogP contribution is 2.39. The summed E-state index contributed by atoms with van der Waals surface area (Å²) >= 11 is 0. The van der Waals surface area contributed by atoms with E-state index >= 15 is 0 Å². The summed E-state index contributed by atoms with van der Waals surface area (Å²) in [4.78, 5) is 0. The summed E-state index contributed by atoms with van der Waals surface area (Å²) in [6.07, 6.45) is 0. The van der Waals surface area contributed by atoms with E-state index in [2.05, 4.69) is 60.7 Å². The van der Waals surface area contributed by atoms with Crippen LogP contribution in [0, 0.1) is 0 Å². The zero-order valence-corrected chi connectivity index (χ0v) is 14.6. The molecule has 3 heteroatoms. The SMILES string of the molecule is OB(O)c1ccc2c(c1)c1ccccc1c1c(-c3ccccc3)cccc21. The first-order chi connectivity index (χ1) is 13.2. The van der Waals surface area contributed by atoms with Gasteiger partial charge in [-0.2, -0.15) is 0 Å². The van der Waals surface area contributed by atoms with Gasteiger partial charge in [0.05, 0.1) is 0 Å². The van der Waals surface area contributed by atoms with Gasteiger partial charge in [-0.3, -0.25) is 0 Å². The van der Waals surface area contributed by atoms with Crippen molar-refractivity contribution in [2.24, 2.45) is 0 Å².